The molecule has 20 heavy (non-hydrogen) atoms. The second kappa shape index (κ2) is 6.13. The molecule has 1 saturated carbocycles. The van der Waals surface area contributed by atoms with Crippen LogP contribution in [0.1, 0.15) is 29.6 Å². The molecule has 0 saturated heterocycles. The molecule has 1 amide bonds. The smallest absolute Gasteiger partial charge is 0.306 e. The van der Waals surface area contributed by atoms with Crippen LogP contribution in [0.15, 0.2) is 18.2 Å². The minimum Gasteiger partial charge on any atom is -0.496 e. The van der Waals surface area contributed by atoms with Gasteiger partial charge in [0.2, 0.25) is 0 Å². The predicted molar refractivity (Wildman–Crippen MR) is 74.2 cm³/mol. The minimum absolute atomic E-state index is 0.107. The highest BCUT2D eigenvalue weighted by Gasteiger charge is 2.31. The van der Waals surface area contributed by atoms with Crippen LogP contribution in [-0.2, 0) is 4.79 Å². The Morgan fingerprint density at radius 3 is 2.75 bits per heavy atom. The van der Waals surface area contributed by atoms with E-state index in [1.807, 2.05) is 0 Å². The van der Waals surface area contributed by atoms with Crippen LogP contribution >= 0.6 is 11.6 Å². The number of carbonyl (C=O) groups excluding carboxylic acids is 1. The number of benzene rings is 1. The summed E-state index contributed by atoms with van der Waals surface area (Å²) in [5.74, 6) is -1.03. The summed E-state index contributed by atoms with van der Waals surface area (Å²) < 4.78 is 5.13. The number of carboxylic acids is 1. The molecule has 2 atom stereocenters. The first-order valence-corrected chi connectivity index (χ1v) is 6.76. The van der Waals surface area contributed by atoms with E-state index < -0.39 is 5.97 Å². The molecular formula is C14H16ClNO4. The van der Waals surface area contributed by atoms with Crippen LogP contribution in [0.4, 0.5) is 0 Å². The summed E-state index contributed by atoms with van der Waals surface area (Å²) in [5, 5.41) is 12.3. The Hall–Kier alpha value is -1.75. The van der Waals surface area contributed by atoms with Crippen molar-refractivity contribution in [1.29, 1.82) is 0 Å². The summed E-state index contributed by atoms with van der Waals surface area (Å²) in [6.07, 6.45) is 1.74. The van der Waals surface area contributed by atoms with Gasteiger partial charge in [-0.1, -0.05) is 11.6 Å². The molecule has 1 fully saturated rings. The third-order valence-electron chi connectivity index (χ3n) is 3.53. The monoisotopic (exact) mass is 297 g/mol. The van der Waals surface area contributed by atoms with Crippen LogP contribution in [0.3, 0.4) is 0 Å². The number of amides is 1. The molecule has 1 aromatic carbocycles. The molecule has 0 bridgehead atoms. The van der Waals surface area contributed by atoms with Crippen LogP contribution in [0.2, 0.25) is 5.02 Å². The lowest BCUT2D eigenvalue weighted by molar-refractivity contribution is -0.141. The van der Waals surface area contributed by atoms with E-state index in [9.17, 15) is 9.59 Å². The number of nitrogens with one attached hydrogen (secondary N) is 1. The number of carbonyl (C=O) groups is 2. The third-order valence-corrected chi connectivity index (χ3v) is 3.76. The highest BCUT2D eigenvalue weighted by Crippen LogP contribution is 2.27. The van der Waals surface area contributed by atoms with Gasteiger partial charge in [0.05, 0.1) is 18.6 Å². The molecule has 2 N–H and O–H groups in total. The second-order valence-corrected chi connectivity index (χ2v) is 5.30. The number of aliphatic carboxylic acids is 1. The van der Waals surface area contributed by atoms with Crippen molar-refractivity contribution in [3.05, 3.63) is 28.8 Å². The van der Waals surface area contributed by atoms with Crippen LogP contribution in [0.25, 0.3) is 0 Å². The van der Waals surface area contributed by atoms with Crippen LogP contribution in [-0.4, -0.2) is 30.1 Å². The Bertz CT molecular complexity index is 532. The Labute approximate surface area is 121 Å². The lowest BCUT2D eigenvalue weighted by Gasteiger charge is -2.14. The highest BCUT2D eigenvalue weighted by molar-refractivity contribution is 6.30. The SMILES string of the molecule is COc1cc(Cl)ccc1C(=O)NC1CCC(C(=O)O)C1. The molecule has 0 spiro atoms. The highest BCUT2D eigenvalue weighted by atomic mass is 35.5. The zero-order chi connectivity index (χ0) is 14.7. The first-order valence-electron chi connectivity index (χ1n) is 6.38. The standard InChI is InChI=1S/C14H16ClNO4/c1-20-12-7-9(15)3-5-11(12)13(17)16-10-4-2-8(6-10)14(18)19/h3,5,7-8,10H,2,4,6H2,1H3,(H,16,17)(H,18,19). The van der Waals surface area contributed by atoms with Crippen LogP contribution < -0.4 is 10.1 Å². The molecule has 2 unspecified atom stereocenters. The minimum atomic E-state index is -0.800. The number of hydrogen-bond acceptors (Lipinski definition) is 3. The van der Waals surface area contributed by atoms with Crippen molar-refractivity contribution in [2.75, 3.05) is 7.11 Å². The van der Waals surface area contributed by atoms with Crippen LogP contribution in [0.5, 0.6) is 5.75 Å². The van der Waals surface area contributed by atoms with Gasteiger partial charge >= 0.3 is 5.97 Å². The molecule has 0 heterocycles. The molecule has 0 aliphatic heterocycles. The number of hydrogen-bond donors (Lipinski definition) is 2. The maximum atomic E-state index is 12.2. The summed E-state index contributed by atoms with van der Waals surface area (Å²) in [6.45, 7) is 0. The van der Waals surface area contributed by atoms with E-state index in [2.05, 4.69) is 5.32 Å². The normalized spacial score (nSPS) is 21.5. The molecule has 2 rings (SSSR count). The molecule has 6 heteroatoms. The Morgan fingerprint density at radius 1 is 1.40 bits per heavy atom. The third kappa shape index (κ3) is 3.22. The number of ether oxygens (including phenoxy) is 1. The zero-order valence-corrected chi connectivity index (χ0v) is 11.8. The lowest BCUT2D eigenvalue weighted by atomic mass is 10.1. The first kappa shape index (κ1) is 14.7. The number of rotatable bonds is 4. The predicted octanol–water partition coefficient (Wildman–Crippen LogP) is 2.33. The van der Waals surface area contributed by atoms with E-state index >= 15 is 0 Å². The van der Waals surface area contributed by atoms with Gasteiger partial charge in [-0.15, -0.1) is 0 Å². The van der Waals surface area contributed by atoms with E-state index in [0.717, 1.165) is 0 Å². The summed E-state index contributed by atoms with van der Waals surface area (Å²) in [7, 11) is 1.47. The maximum absolute atomic E-state index is 12.2. The first-order chi connectivity index (χ1) is 9.51. The number of halogens is 1. The van der Waals surface area contributed by atoms with E-state index in [1.54, 1.807) is 18.2 Å². The quantitative estimate of drug-likeness (QED) is 0.894. The van der Waals surface area contributed by atoms with Crippen molar-refractivity contribution in [2.24, 2.45) is 5.92 Å². The summed E-state index contributed by atoms with van der Waals surface area (Å²) >= 11 is 5.85. The molecule has 1 aliphatic rings. The van der Waals surface area contributed by atoms with Gasteiger partial charge in [-0.25, -0.2) is 0 Å². The average Bonchev–Trinajstić information content (AvgIpc) is 2.87. The molecule has 1 aromatic rings. The average molecular weight is 298 g/mol. The molecule has 0 radical (unpaired) electrons. The van der Waals surface area contributed by atoms with Crippen molar-refractivity contribution in [3.8, 4) is 5.75 Å². The van der Waals surface area contributed by atoms with Gasteiger partial charge in [-0.3, -0.25) is 9.59 Å². The molecular weight excluding hydrogens is 282 g/mol. The fraction of sp³-hybridized carbons (Fsp3) is 0.429. The maximum Gasteiger partial charge on any atom is 0.306 e. The van der Waals surface area contributed by atoms with Gasteiger partial charge in [0.15, 0.2) is 0 Å². The zero-order valence-electron chi connectivity index (χ0n) is 11.1. The number of carboxylic acid groups (broad SMARTS) is 1. The Morgan fingerprint density at radius 2 is 2.15 bits per heavy atom. The fourth-order valence-corrected chi connectivity index (χ4v) is 2.61. The Balaban J connectivity index is 2.04. The van der Waals surface area contributed by atoms with Crippen molar-refractivity contribution < 1.29 is 19.4 Å². The van der Waals surface area contributed by atoms with Crippen molar-refractivity contribution >= 4 is 23.5 Å². The fourth-order valence-electron chi connectivity index (χ4n) is 2.45. The summed E-state index contributed by atoms with van der Waals surface area (Å²) in [5.41, 5.74) is 0.399. The largest absolute Gasteiger partial charge is 0.496 e. The van der Waals surface area contributed by atoms with E-state index in [4.69, 9.17) is 21.4 Å². The van der Waals surface area contributed by atoms with Crippen LogP contribution in [0, 0.1) is 5.92 Å². The van der Waals surface area contributed by atoms with E-state index in [0.29, 0.717) is 35.6 Å². The summed E-state index contributed by atoms with van der Waals surface area (Å²) in [6, 6.07) is 4.68. The molecule has 5 nitrogen and oxygen atoms in total. The number of methoxy groups -OCH3 is 1. The van der Waals surface area contributed by atoms with E-state index in [-0.39, 0.29) is 17.9 Å². The molecule has 108 valence electrons. The molecule has 1 aliphatic carbocycles. The van der Waals surface area contributed by atoms with Crippen molar-refractivity contribution in [2.45, 2.75) is 25.3 Å². The van der Waals surface area contributed by atoms with Gasteiger partial charge in [0, 0.05) is 11.1 Å². The summed E-state index contributed by atoms with van der Waals surface area (Å²) in [4.78, 5) is 23.1. The van der Waals surface area contributed by atoms with E-state index in [1.165, 1.54) is 7.11 Å². The van der Waals surface area contributed by atoms with Crippen molar-refractivity contribution in [3.63, 3.8) is 0 Å². The Kier molecular flexibility index (Phi) is 4.49. The van der Waals surface area contributed by atoms with Gasteiger partial charge in [-0.2, -0.15) is 0 Å². The molecule has 0 aromatic heterocycles. The lowest BCUT2D eigenvalue weighted by Crippen LogP contribution is -2.33. The topological polar surface area (TPSA) is 75.6 Å². The van der Waals surface area contributed by atoms with Gasteiger partial charge < -0.3 is 15.2 Å². The van der Waals surface area contributed by atoms with Gasteiger partial charge in [-0.05, 0) is 37.5 Å². The van der Waals surface area contributed by atoms with Gasteiger partial charge in [0.1, 0.15) is 5.75 Å². The van der Waals surface area contributed by atoms with Gasteiger partial charge in [0.25, 0.3) is 5.91 Å². The van der Waals surface area contributed by atoms with Crippen molar-refractivity contribution in [1.82, 2.24) is 5.32 Å². The second-order valence-electron chi connectivity index (χ2n) is 4.86.